The molecule has 0 radical (unpaired) electrons. The Kier molecular flexibility index (Phi) is 12.6. The van der Waals surface area contributed by atoms with Crippen molar-refractivity contribution in [2.75, 3.05) is 17.2 Å². The molecule has 2 N–H and O–H groups in total. The van der Waals surface area contributed by atoms with Crippen LogP contribution in [-0.2, 0) is 53.8 Å². The van der Waals surface area contributed by atoms with E-state index < -0.39 is 106 Å². The van der Waals surface area contributed by atoms with E-state index in [1.54, 1.807) is 6.26 Å². The largest absolute Gasteiger partial charge is 0.435 e. The maximum absolute atomic E-state index is 15.4. The van der Waals surface area contributed by atoms with Gasteiger partial charge in [-0.25, -0.2) is 18.0 Å². The first-order chi connectivity index (χ1) is 28.3. The highest BCUT2D eigenvalue weighted by Crippen LogP contribution is 2.49. The summed E-state index contributed by atoms with van der Waals surface area (Å²) in [6.07, 6.45) is -8.17. The number of fused-ring (bicyclic) bond motifs is 2. The normalized spacial score (nSPS) is 16.2. The van der Waals surface area contributed by atoms with Gasteiger partial charge in [0.15, 0.2) is 11.5 Å². The molecule has 9 nitrogen and oxygen atoms in total. The van der Waals surface area contributed by atoms with Crippen molar-refractivity contribution in [2.45, 2.75) is 75.8 Å². The molecule has 6 rings (SSSR count). The van der Waals surface area contributed by atoms with Gasteiger partial charge in [-0.1, -0.05) is 30.5 Å². The number of halogens is 11. The quantitative estimate of drug-likeness (QED) is 0.101. The van der Waals surface area contributed by atoms with Crippen LogP contribution in [0, 0.1) is 29.4 Å². The molecule has 1 amide bonds. The van der Waals surface area contributed by atoms with Crippen LogP contribution in [0.2, 0.25) is 5.02 Å². The average molecular weight is 922 g/mol. The Labute approximate surface area is 353 Å². The van der Waals surface area contributed by atoms with Gasteiger partial charge in [-0.15, -0.1) is 11.8 Å². The first-order valence-electron chi connectivity index (χ1n) is 18.0. The van der Waals surface area contributed by atoms with Gasteiger partial charge in [-0.3, -0.25) is 18.9 Å². The van der Waals surface area contributed by atoms with E-state index in [-0.39, 0.29) is 54.5 Å². The molecular formula is C39H34ClF10N7O2S2. The summed E-state index contributed by atoms with van der Waals surface area (Å²) >= 11 is 7.92. The summed E-state index contributed by atoms with van der Waals surface area (Å²) in [5.41, 5.74) is -3.95. The number of benzene rings is 2. The van der Waals surface area contributed by atoms with Crippen LogP contribution in [-0.4, -0.2) is 58.1 Å². The van der Waals surface area contributed by atoms with Crippen molar-refractivity contribution in [3.05, 3.63) is 93.0 Å². The molecule has 0 saturated heterocycles. The van der Waals surface area contributed by atoms with Crippen LogP contribution >= 0.6 is 23.4 Å². The molecule has 2 unspecified atom stereocenters. The fourth-order valence-electron chi connectivity index (χ4n) is 6.93. The fraction of sp³-hybridized carbons (Fsp3) is 0.385. The molecule has 1 aliphatic carbocycles. The number of thioether (sulfide) groups is 1. The highest BCUT2D eigenvalue weighted by molar-refractivity contribution is 8.00. The van der Waals surface area contributed by atoms with Crippen molar-refractivity contribution in [2.24, 2.45) is 5.92 Å². The molecule has 61 heavy (non-hydrogen) atoms. The smallest absolute Gasteiger partial charge is 0.346 e. The van der Waals surface area contributed by atoms with E-state index in [0.717, 1.165) is 19.1 Å². The predicted octanol–water partition coefficient (Wildman–Crippen LogP) is 9.39. The number of nitrogens with one attached hydrogen (secondary N) is 2. The van der Waals surface area contributed by atoms with Crippen LogP contribution in [0.4, 0.5) is 49.7 Å². The molecule has 1 aliphatic rings. The number of aromatic nitrogens is 5. The predicted molar refractivity (Wildman–Crippen MR) is 211 cm³/mol. The van der Waals surface area contributed by atoms with E-state index in [4.69, 9.17) is 11.6 Å². The van der Waals surface area contributed by atoms with Crippen LogP contribution in [0.1, 0.15) is 60.7 Å². The van der Waals surface area contributed by atoms with Crippen molar-refractivity contribution in [3.63, 3.8) is 0 Å². The summed E-state index contributed by atoms with van der Waals surface area (Å²) in [4.78, 5) is 18.7. The molecule has 2 aromatic carbocycles. The molecule has 3 aromatic heterocycles. The van der Waals surface area contributed by atoms with Crippen LogP contribution in [0.15, 0.2) is 42.5 Å². The van der Waals surface area contributed by atoms with Crippen LogP contribution in [0.5, 0.6) is 0 Å². The summed E-state index contributed by atoms with van der Waals surface area (Å²) in [6, 6.07) is 6.35. The standard InChI is InChI=1S/C39H34ClF10N7O2S2/c1-19-12-26-33(39(48,49)50)53-56(34(26)38(19,46)47)17-29(58)52-28(15-20-13-21(41)16-22(42)14-20)31-24(7-6-23(51-31)10-11-36(2,3)60-4)25-8-9-27(40)30-32(25)57(18-37(43,44)45)54-35(30)55-61(5)59/h6-9,13-14,16,19,28H,12,15,17-18H2,1-5H3,(H,52,58)(H,54,55)/t19-,28?,61?/m1/s1. The minimum atomic E-state index is -5.15. The number of amides is 1. The van der Waals surface area contributed by atoms with Gasteiger partial charge in [0.2, 0.25) is 5.91 Å². The topological polar surface area (TPSA) is 107 Å². The summed E-state index contributed by atoms with van der Waals surface area (Å²) in [5.74, 6) is -2.96. The third-order valence-electron chi connectivity index (χ3n) is 9.71. The van der Waals surface area contributed by atoms with E-state index in [1.165, 1.54) is 42.3 Å². The molecule has 0 aliphatic heterocycles. The molecular weight excluding hydrogens is 888 g/mol. The Morgan fingerprint density at radius 1 is 1.03 bits per heavy atom. The number of anilines is 1. The zero-order valence-electron chi connectivity index (χ0n) is 32.6. The maximum Gasteiger partial charge on any atom is 0.435 e. The van der Waals surface area contributed by atoms with E-state index in [9.17, 15) is 44.1 Å². The van der Waals surface area contributed by atoms with Gasteiger partial charge in [-0.2, -0.15) is 45.3 Å². The third kappa shape index (κ3) is 9.96. The second kappa shape index (κ2) is 16.8. The van der Waals surface area contributed by atoms with Gasteiger partial charge in [0.05, 0.1) is 32.4 Å². The number of hydrogen-bond donors (Lipinski definition) is 2. The monoisotopic (exact) mass is 921 g/mol. The third-order valence-corrected chi connectivity index (χ3v) is 11.6. The van der Waals surface area contributed by atoms with Crippen molar-refractivity contribution in [3.8, 4) is 23.0 Å². The number of alkyl halides is 8. The van der Waals surface area contributed by atoms with Gasteiger partial charge >= 0.3 is 12.4 Å². The second-order valence-electron chi connectivity index (χ2n) is 14.8. The fourth-order valence-corrected chi connectivity index (χ4v) is 7.74. The van der Waals surface area contributed by atoms with Crippen molar-refractivity contribution >= 4 is 57.0 Å². The zero-order chi connectivity index (χ0) is 45.0. The average Bonchev–Trinajstić information content (AvgIpc) is 3.74. The van der Waals surface area contributed by atoms with Gasteiger partial charge in [0, 0.05) is 34.9 Å². The summed E-state index contributed by atoms with van der Waals surface area (Å²) in [5, 5.41) is 9.75. The molecule has 0 saturated carbocycles. The van der Waals surface area contributed by atoms with Crippen molar-refractivity contribution in [1.82, 2.24) is 29.9 Å². The SMILES string of the molecule is CSC(C)(C)C#Cc1ccc(-c2ccc(Cl)c3c(NS(C)=O)nn(CC(F)(F)F)c23)c(C(Cc2cc(F)cc(F)c2)NC(=O)Cn2nc(C(F)(F)F)c3c2C(F)(F)[C@H](C)C3)n1. The lowest BCUT2D eigenvalue weighted by Crippen LogP contribution is -2.35. The lowest BCUT2D eigenvalue weighted by molar-refractivity contribution is -0.143. The van der Waals surface area contributed by atoms with E-state index in [1.807, 2.05) is 13.8 Å². The highest BCUT2D eigenvalue weighted by atomic mass is 35.5. The van der Waals surface area contributed by atoms with Gasteiger partial charge < -0.3 is 5.32 Å². The number of pyridine rings is 1. The van der Waals surface area contributed by atoms with Gasteiger partial charge in [0.25, 0.3) is 5.92 Å². The first-order valence-corrected chi connectivity index (χ1v) is 21.2. The molecule has 0 bridgehead atoms. The molecule has 0 spiro atoms. The van der Waals surface area contributed by atoms with Gasteiger partial charge in [-0.05, 0) is 74.8 Å². The van der Waals surface area contributed by atoms with Crippen LogP contribution in [0.25, 0.3) is 22.0 Å². The Hall–Kier alpha value is -4.81. The molecule has 5 aromatic rings. The van der Waals surface area contributed by atoms with Crippen LogP contribution in [0.3, 0.4) is 0 Å². The van der Waals surface area contributed by atoms with E-state index in [0.29, 0.717) is 10.7 Å². The number of rotatable bonds is 11. The lowest BCUT2D eigenvalue weighted by Gasteiger charge is -2.23. The minimum Gasteiger partial charge on any atom is -0.346 e. The minimum absolute atomic E-state index is 0.00860. The Morgan fingerprint density at radius 3 is 2.30 bits per heavy atom. The summed E-state index contributed by atoms with van der Waals surface area (Å²) in [6.45, 7) is 1.83. The van der Waals surface area contributed by atoms with E-state index in [2.05, 4.69) is 37.1 Å². The Bertz CT molecular complexity index is 2590. The van der Waals surface area contributed by atoms with Crippen LogP contribution < -0.4 is 10.0 Å². The van der Waals surface area contributed by atoms with Crippen molar-refractivity contribution < 1.29 is 52.9 Å². The first kappa shape index (κ1) is 45.7. The highest BCUT2D eigenvalue weighted by Gasteiger charge is 2.54. The number of carbonyl (C=O) groups excluding carboxylic acids is 1. The lowest BCUT2D eigenvalue weighted by atomic mass is 9.93. The zero-order valence-corrected chi connectivity index (χ0v) is 34.9. The number of hydrogen-bond acceptors (Lipinski definition) is 6. The Morgan fingerprint density at radius 2 is 1.69 bits per heavy atom. The molecule has 22 heteroatoms. The second-order valence-corrected chi connectivity index (χ2v) is 17.7. The van der Waals surface area contributed by atoms with Crippen molar-refractivity contribution in [1.29, 1.82) is 0 Å². The van der Waals surface area contributed by atoms with E-state index >= 15 is 8.78 Å². The maximum atomic E-state index is 15.4. The molecule has 3 atom stereocenters. The molecule has 3 heterocycles. The number of nitrogens with zero attached hydrogens (tertiary/aromatic N) is 5. The Balaban J connectivity index is 1.58. The molecule has 0 fully saturated rings. The molecule has 326 valence electrons. The summed E-state index contributed by atoms with van der Waals surface area (Å²) < 4.78 is 159. The number of carbonyl (C=O) groups is 1. The van der Waals surface area contributed by atoms with Gasteiger partial charge in [0.1, 0.15) is 47.1 Å². The summed E-state index contributed by atoms with van der Waals surface area (Å²) in [7, 11) is -1.85.